The molecule has 1 aliphatic heterocycles. The summed E-state index contributed by atoms with van der Waals surface area (Å²) in [6, 6.07) is 1.60. The summed E-state index contributed by atoms with van der Waals surface area (Å²) in [6.45, 7) is 5.77. The van der Waals surface area contributed by atoms with Gasteiger partial charge in [0, 0.05) is 45.6 Å². The molecule has 2 aliphatic rings. The van der Waals surface area contributed by atoms with Crippen LogP contribution in [-0.4, -0.2) is 56.6 Å². The second-order valence-electron chi connectivity index (χ2n) is 7.36. The third kappa shape index (κ3) is 5.83. The van der Waals surface area contributed by atoms with Crippen LogP contribution >= 0.6 is 24.0 Å². The Balaban J connectivity index is 0.00000261. The molecule has 2 atom stereocenters. The smallest absolute Gasteiger partial charge is 0.242 e. The number of sulfonamides is 1. The van der Waals surface area contributed by atoms with Gasteiger partial charge in [0.2, 0.25) is 10.0 Å². The SMILES string of the molecule is CCNC(=NCCNS(=O)(=O)c1ccn(C)c1)N1CC2CCCCC2C1.I. The monoisotopic (exact) mass is 509 g/mol. The molecule has 0 aromatic carbocycles. The molecular weight excluding hydrogens is 477 g/mol. The van der Waals surface area contributed by atoms with Crippen LogP contribution in [0.5, 0.6) is 0 Å². The zero-order valence-electron chi connectivity index (χ0n) is 16.2. The van der Waals surface area contributed by atoms with Crippen molar-refractivity contribution in [3.63, 3.8) is 0 Å². The number of aryl methyl sites for hydroxylation is 1. The molecule has 1 aromatic rings. The van der Waals surface area contributed by atoms with Crippen LogP contribution in [0.1, 0.15) is 32.6 Å². The highest BCUT2D eigenvalue weighted by atomic mass is 127. The Labute approximate surface area is 180 Å². The first-order chi connectivity index (χ1) is 12.5. The van der Waals surface area contributed by atoms with Crippen molar-refractivity contribution in [3.05, 3.63) is 18.5 Å². The summed E-state index contributed by atoms with van der Waals surface area (Å²) in [5, 5.41) is 3.36. The Morgan fingerprint density at radius 1 is 1.26 bits per heavy atom. The predicted molar refractivity (Wildman–Crippen MR) is 119 cm³/mol. The minimum absolute atomic E-state index is 0. The van der Waals surface area contributed by atoms with E-state index in [4.69, 9.17) is 0 Å². The Kier molecular flexibility index (Phi) is 8.41. The molecule has 0 radical (unpaired) electrons. The van der Waals surface area contributed by atoms with Crippen LogP contribution in [0.4, 0.5) is 0 Å². The van der Waals surface area contributed by atoms with Gasteiger partial charge in [-0.1, -0.05) is 12.8 Å². The van der Waals surface area contributed by atoms with Crippen molar-refractivity contribution >= 4 is 40.0 Å². The molecule has 1 aromatic heterocycles. The summed E-state index contributed by atoms with van der Waals surface area (Å²) < 4.78 is 28.8. The summed E-state index contributed by atoms with van der Waals surface area (Å²) in [7, 11) is -1.65. The van der Waals surface area contributed by atoms with E-state index < -0.39 is 10.0 Å². The third-order valence-corrected chi connectivity index (χ3v) is 6.84. The molecule has 0 spiro atoms. The fraction of sp³-hybridized carbons (Fsp3) is 0.722. The Morgan fingerprint density at radius 3 is 2.48 bits per heavy atom. The topological polar surface area (TPSA) is 78.7 Å². The largest absolute Gasteiger partial charge is 0.357 e. The average Bonchev–Trinajstić information content (AvgIpc) is 3.24. The fourth-order valence-electron chi connectivity index (χ4n) is 4.07. The number of aromatic nitrogens is 1. The number of nitrogens with one attached hydrogen (secondary N) is 2. The average molecular weight is 509 g/mol. The summed E-state index contributed by atoms with van der Waals surface area (Å²) in [5.74, 6) is 2.51. The molecule has 0 bridgehead atoms. The van der Waals surface area contributed by atoms with E-state index in [2.05, 4.69) is 26.9 Å². The maximum absolute atomic E-state index is 12.2. The lowest BCUT2D eigenvalue weighted by atomic mass is 9.82. The van der Waals surface area contributed by atoms with Gasteiger partial charge in [0.05, 0.1) is 11.4 Å². The van der Waals surface area contributed by atoms with Crippen LogP contribution in [0.15, 0.2) is 28.3 Å². The van der Waals surface area contributed by atoms with Crippen molar-refractivity contribution < 1.29 is 8.42 Å². The molecule has 3 rings (SSSR count). The number of nitrogens with zero attached hydrogens (tertiary/aromatic N) is 3. The molecule has 154 valence electrons. The molecule has 1 saturated carbocycles. The number of hydrogen-bond donors (Lipinski definition) is 2. The Bertz CT molecular complexity index is 720. The van der Waals surface area contributed by atoms with Gasteiger partial charge in [0.25, 0.3) is 0 Å². The second kappa shape index (κ2) is 10.1. The van der Waals surface area contributed by atoms with Crippen LogP contribution < -0.4 is 10.0 Å². The predicted octanol–water partition coefficient (Wildman–Crippen LogP) is 2.01. The van der Waals surface area contributed by atoms with Gasteiger partial charge in [-0.2, -0.15) is 0 Å². The quantitative estimate of drug-likeness (QED) is 0.266. The van der Waals surface area contributed by atoms with E-state index in [0.29, 0.717) is 18.0 Å². The maximum atomic E-state index is 12.2. The van der Waals surface area contributed by atoms with Crippen LogP contribution in [0, 0.1) is 11.8 Å². The number of likely N-dealkylation sites (tertiary alicyclic amines) is 1. The summed E-state index contributed by atoms with van der Waals surface area (Å²) in [6.07, 6.45) is 8.69. The first-order valence-electron chi connectivity index (χ1n) is 9.64. The maximum Gasteiger partial charge on any atom is 0.242 e. The van der Waals surface area contributed by atoms with Gasteiger partial charge in [-0.25, -0.2) is 13.1 Å². The third-order valence-electron chi connectivity index (χ3n) is 5.39. The van der Waals surface area contributed by atoms with Gasteiger partial charge in [-0.15, -0.1) is 24.0 Å². The van der Waals surface area contributed by atoms with Crippen molar-refractivity contribution in [1.29, 1.82) is 0 Å². The van der Waals surface area contributed by atoms with E-state index in [0.717, 1.165) is 37.4 Å². The highest BCUT2D eigenvalue weighted by molar-refractivity contribution is 14.0. The first kappa shape index (κ1) is 22.5. The molecule has 2 heterocycles. The van der Waals surface area contributed by atoms with Crippen LogP contribution in [0.25, 0.3) is 0 Å². The molecule has 2 N–H and O–H groups in total. The Morgan fingerprint density at radius 2 is 1.93 bits per heavy atom. The first-order valence-corrected chi connectivity index (χ1v) is 11.1. The van der Waals surface area contributed by atoms with Gasteiger partial charge in [0.15, 0.2) is 5.96 Å². The lowest BCUT2D eigenvalue weighted by molar-refractivity contribution is 0.299. The lowest BCUT2D eigenvalue weighted by Gasteiger charge is -2.22. The lowest BCUT2D eigenvalue weighted by Crippen LogP contribution is -2.41. The number of halogens is 1. The molecule has 9 heteroatoms. The molecule has 27 heavy (non-hydrogen) atoms. The number of aliphatic imine (C=N–C) groups is 1. The minimum atomic E-state index is -3.46. The van der Waals surface area contributed by atoms with E-state index >= 15 is 0 Å². The van der Waals surface area contributed by atoms with Crippen molar-refractivity contribution in [2.24, 2.45) is 23.9 Å². The van der Waals surface area contributed by atoms with E-state index in [1.165, 1.54) is 25.7 Å². The number of fused-ring (bicyclic) bond motifs is 1. The van der Waals surface area contributed by atoms with E-state index in [1.54, 1.807) is 30.1 Å². The normalized spacial score (nSPS) is 23.0. The van der Waals surface area contributed by atoms with E-state index in [-0.39, 0.29) is 24.0 Å². The van der Waals surface area contributed by atoms with Crippen LogP contribution in [-0.2, 0) is 17.1 Å². The van der Waals surface area contributed by atoms with Crippen molar-refractivity contribution in [2.75, 3.05) is 32.7 Å². The minimum Gasteiger partial charge on any atom is -0.357 e. The standard InChI is InChI=1S/C18H31N5O2S.HI/c1-3-19-18(23-12-15-6-4-5-7-16(15)13-23)20-9-10-21-26(24,25)17-8-11-22(2)14-17;/h8,11,14-16,21H,3-7,9-10,12-13H2,1-2H3,(H,19,20);1H. The van der Waals surface area contributed by atoms with Crippen molar-refractivity contribution in [3.8, 4) is 0 Å². The zero-order chi connectivity index (χ0) is 18.6. The summed E-state index contributed by atoms with van der Waals surface area (Å²) in [5.41, 5.74) is 0. The second-order valence-corrected chi connectivity index (χ2v) is 9.12. The molecule has 2 fully saturated rings. The van der Waals surface area contributed by atoms with Gasteiger partial charge in [-0.05, 0) is 37.7 Å². The molecule has 1 aliphatic carbocycles. The number of rotatable bonds is 6. The van der Waals surface area contributed by atoms with Gasteiger partial charge in [-0.3, -0.25) is 4.99 Å². The Hall–Kier alpha value is -0.810. The van der Waals surface area contributed by atoms with Gasteiger partial charge < -0.3 is 14.8 Å². The van der Waals surface area contributed by atoms with Crippen LogP contribution in [0.2, 0.25) is 0 Å². The van der Waals surface area contributed by atoms with Gasteiger partial charge >= 0.3 is 0 Å². The molecule has 0 amide bonds. The fourth-order valence-corrected chi connectivity index (χ4v) is 5.14. The van der Waals surface area contributed by atoms with Crippen LogP contribution in [0.3, 0.4) is 0 Å². The van der Waals surface area contributed by atoms with E-state index in [9.17, 15) is 8.42 Å². The van der Waals surface area contributed by atoms with Gasteiger partial charge in [0.1, 0.15) is 0 Å². The molecule has 1 saturated heterocycles. The highest BCUT2D eigenvalue weighted by Gasteiger charge is 2.35. The number of guanidine groups is 1. The molecule has 2 unspecified atom stereocenters. The molecular formula is C18H32IN5O2S. The van der Waals surface area contributed by atoms with E-state index in [1.807, 2.05) is 0 Å². The zero-order valence-corrected chi connectivity index (χ0v) is 19.4. The summed E-state index contributed by atoms with van der Waals surface area (Å²) in [4.78, 5) is 7.30. The van der Waals surface area contributed by atoms with Crippen molar-refractivity contribution in [1.82, 2.24) is 19.5 Å². The summed E-state index contributed by atoms with van der Waals surface area (Å²) >= 11 is 0. The highest BCUT2D eigenvalue weighted by Crippen LogP contribution is 2.35. The number of hydrogen-bond acceptors (Lipinski definition) is 3. The molecule has 7 nitrogen and oxygen atoms in total. The van der Waals surface area contributed by atoms with Crippen molar-refractivity contribution in [2.45, 2.75) is 37.5 Å².